The molecule has 0 spiro atoms. The van der Waals surface area contributed by atoms with Gasteiger partial charge in [0.25, 0.3) is 0 Å². The third-order valence-corrected chi connectivity index (χ3v) is 4.94. The summed E-state index contributed by atoms with van der Waals surface area (Å²) >= 11 is 0. The van der Waals surface area contributed by atoms with Crippen LogP contribution >= 0.6 is 0 Å². The molecule has 4 heteroatoms. The first-order valence-electron chi connectivity index (χ1n) is 8.62. The van der Waals surface area contributed by atoms with Gasteiger partial charge in [-0.1, -0.05) is 61.5 Å². The first kappa shape index (κ1) is 18.4. The monoisotopic (exact) mass is 360 g/mol. The van der Waals surface area contributed by atoms with Crippen molar-refractivity contribution in [2.24, 2.45) is 0 Å². The standard InChI is InChI=1S/C23H20O4/c1-23(15-16-5-3-2-4-6-16,19-11-7-17(8-12-19)21(24)25)20-13-9-18(10-14-20)22(26)27/h2-14H,15H2,1H3,(H,24,25)(H,26,27). The van der Waals surface area contributed by atoms with Gasteiger partial charge in [0.15, 0.2) is 0 Å². The largest absolute Gasteiger partial charge is 0.478 e. The zero-order chi connectivity index (χ0) is 19.4. The molecule has 0 saturated carbocycles. The number of carboxylic acid groups (broad SMARTS) is 2. The molecule has 3 aromatic rings. The molecule has 0 amide bonds. The quantitative estimate of drug-likeness (QED) is 0.672. The van der Waals surface area contributed by atoms with E-state index < -0.39 is 17.4 Å². The number of carboxylic acids is 2. The summed E-state index contributed by atoms with van der Waals surface area (Å²) in [4.78, 5) is 22.3. The van der Waals surface area contributed by atoms with Gasteiger partial charge in [-0.2, -0.15) is 0 Å². The molecular formula is C23H20O4. The van der Waals surface area contributed by atoms with Crippen LogP contribution in [0.1, 0.15) is 44.3 Å². The molecule has 0 saturated heterocycles. The molecule has 0 heterocycles. The summed E-state index contributed by atoms with van der Waals surface area (Å²) in [5, 5.41) is 18.3. The van der Waals surface area contributed by atoms with Crippen molar-refractivity contribution >= 4 is 11.9 Å². The predicted octanol–water partition coefficient (Wildman–Crippen LogP) is 4.63. The van der Waals surface area contributed by atoms with Crippen LogP contribution in [-0.4, -0.2) is 22.2 Å². The summed E-state index contributed by atoms with van der Waals surface area (Å²) in [5.74, 6) is -1.92. The molecule has 0 fully saturated rings. The van der Waals surface area contributed by atoms with E-state index in [-0.39, 0.29) is 11.1 Å². The van der Waals surface area contributed by atoms with Crippen LogP contribution in [0.5, 0.6) is 0 Å². The third-order valence-electron chi connectivity index (χ3n) is 4.94. The molecular weight excluding hydrogens is 340 g/mol. The van der Waals surface area contributed by atoms with Crippen molar-refractivity contribution in [3.63, 3.8) is 0 Å². The Kier molecular flexibility index (Phi) is 5.08. The SMILES string of the molecule is CC(Cc1ccccc1)(c1ccc(C(=O)O)cc1)c1ccc(C(=O)O)cc1. The van der Waals surface area contributed by atoms with Crippen LogP contribution in [0.15, 0.2) is 78.9 Å². The lowest BCUT2D eigenvalue weighted by atomic mass is 9.72. The highest BCUT2D eigenvalue weighted by Crippen LogP contribution is 2.36. The van der Waals surface area contributed by atoms with Gasteiger partial charge in [-0.3, -0.25) is 0 Å². The van der Waals surface area contributed by atoms with Crippen molar-refractivity contribution in [1.82, 2.24) is 0 Å². The van der Waals surface area contributed by atoms with E-state index in [1.54, 1.807) is 24.3 Å². The fraction of sp³-hybridized carbons (Fsp3) is 0.130. The van der Waals surface area contributed by atoms with E-state index in [0.717, 1.165) is 16.7 Å². The lowest BCUT2D eigenvalue weighted by Gasteiger charge is -2.31. The smallest absolute Gasteiger partial charge is 0.335 e. The Morgan fingerprint density at radius 1 is 0.704 bits per heavy atom. The number of hydrogen-bond donors (Lipinski definition) is 2. The summed E-state index contributed by atoms with van der Waals surface area (Å²) in [5.41, 5.74) is 3.13. The molecule has 0 aliphatic carbocycles. The predicted molar refractivity (Wildman–Crippen MR) is 103 cm³/mol. The number of rotatable bonds is 6. The van der Waals surface area contributed by atoms with E-state index in [9.17, 15) is 9.59 Å². The second-order valence-corrected chi connectivity index (χ2v) is 6.76. The van der Waals surface area contributed by atoms with Crippen LogP contribution in [0.4, 0.5) is 0 Å². The van der Waals surface area contributed by atoms with Gasteiger partial charge in [-0.25, -0.2) is 9.59 Å². The lowest BCUT2D eigenvalue weighted by Crippen LogP contribution is -2.27. The molecule has 3 aromatic carbocycles. The second-order valence-electron chi connectivity index (χ2n) is 6.76. The van der Waals surface area contributed by atoms with Crippen LogP contribution in [0.2, 0.25) is 0 Å². The van der Waals surface area contributed by atoms with E-state index in [1.807, 2.05) is 42.5 Å². The molecule has 0 aliphatic heterocycles. The Hall–Kier alpha value is -3.40. The van der Waals surface area contributed by atoms with Crippen LogP contribution in [0.3, 0.4) is 0 Å². The van der Waals surface area contributed by atoms with Crippen molar-refractivity contribution in [3.05, 3.63) is 107 Å². The van der Waals surface area contributed by atoms with E-state index in [4.69, 9.17) is 10.2 Å². The van der Waals surface area contributed by atoms with Gasteiger partial charge in [0, 0.05) is 5.41 Å². The van der Waals surface area contributed by atoms with Crippen LogP contribution in [0.25, 0.3) is 0 Å². The van der Waals surface area contributed by atoms with Gasteiger partial charge in [-0.05, 0) is 47.4 Å². The third kappa shape index (κ3) is 3.90. The molecule has 0 bridgehead atoms. The first-order chi connectivity index (χ1) is 12.9. The molecule has 0 atom stereocenters. The molecule has 0 aromatic heterocycles. The average Bonchev–Trinajstić information content (AvgIpc) is 2.69. The molecule has 136 valence electrons. The zero-order valence-electron chi connectivity index (χ0n) is 14.9. The molecule has 4 nitrogen and oxygen atoms in total. The summed E-state index contributed by atoms with van der Waals surface area (Å²) in [6.07, 6.45) is 0.701. The summed E-state index contributed by atoms with van der Waals surface area (Å²) < 4.78 is 0. The van der Waals surface area contributed by atoms with Gasteiger partial charge in [0.2, 0.25) is 0 Å². The average molecular weight is 360 g/mol. The highest BCUT2D eigenvalue weighted by Gasteiger charge is 2.29. The van der Waals surface area contributed by atoms with Crippen molar-refractivity contribution in [2.45, 2.75) is 18.8 Å². The Labute approximate surface area is 157 Å². The number of hydrogen-bond acceptors (Lipinski definition) is 2. The van der Waals surface area contributed by atoms with Crippen LogP contribution in [0, 0.1) is 0 Å². The lowest BCUT2D eigenvalue weighted by molar-refractivity contribution is 0.0686. The number of benzene rings is 3. The topological polar surface area (TPSA) is 74.6 Å². The number of carbonyl (C=O) groups is 2. The fourth-order valence-electron chi connectivity index (χ4n) is 3.34. The molecule has 27 heavy (non-hydrogen) atoms. The van der Waals surface area contributed by atoms with Crippen LogP contribution in [-0.2, 0) is 11.8 Å². The Balaban J connectivity index is 2.07. The normalized spacial score (nSPS) is 11.1. The maximum Gasteiger partial charge on any atom is 0.335 e. The van der Waals surface area contributed by atoms with Crippen molar-refractivity contribution in [2.75, 3.05) is 0 Å². The van der Waals surface area contributed by atoms with Gasteiger partial charge in [0.05, 0.1) is 11.1 Å². The Morgan fingerprint density at radius 2 is 1.11 bits per heavy atom. The maximum atomic E-state index is 11.2. The van der Waals surface area contributed by atoms with E-state index in [2.05, 4.69) is 19.1 Å². The van der Waals surface area contributed by atoms with Gasteiger partial charge < -0.3 is 10.2 Å². The highest BCUT2D eigenvalue weighted by atomic mass is 16.4. The Morgan fingerprint density at radius 3 is 1.48 bits per heavy atom. The van der Waals surface area contributed by atoms with Crippen molar-refractivity contribution in [1.29, 1.82) is 0 Å². The highest BCUT2D eigenvalue weighted by molar-refractivity contribution is 5.88. The number of aromatic carboxylic acids is 2. The minimum absolute atomic E-state index is 0.238. The second kappa shape index (κ2) is 7.46. The Bertz CT molecular complexity index is 884. The molecule has 0 aliphatic rings. The molecule has 2 N–H and O–H groups in total. The summed E-state index contributed by atoms with van der Waals surface area (Å²) in [7, 11) is 0. The fourth-order valence-corrected chi connectivity index (χ4v) is 3.34. The van der Waals surface area contributed by atoms with E-state index in [0.29, 0.717) is 6.42 Å². The van der Waals surface area contributed by atoms with Gasteiger partial charge >= 0.3 is 11.9 Å². The molecule has 0 unspecified atom stereocenters. The summed E-state index contributed by atoms with van der Waals surface area (Å²) in [6.45, 7) is 2.09. The first-order valence-corrected chi connectivity index (χ1v) is 8.62. The minimum atomic E-state index is -0.961. The van der Waals surface area contributed by atoms with Gasteiger partial charge in [0.1, 0.15) is 0 Å². The molecule has 3 rings (SSSR count). The molecule has 0 radical (unpaired) electrons. The van der Waals surface area contributed by atoms with Crippen molar-refractivity contribution < 1.29 is 19.8 Å². The van der Waals surface area contributed by atoms with Crippen LogP contribution < -0.4 is 0 Å². The van der Waals surface area contributed by atoms with Crippen molar-refractivity contribution in [3.8, 4) is 0 Å². The van der Waals surface area contributed by atoms with E-state index in [1.165, 1.54) is 0 Å². The zero-order valence-corrected chi connectivity index (χ0v) is 14.9. The minimum Gasteiger partial charge on any atom is -0.478 e. The van der Waals surface area contributed by atoms with E-state index >= 15 is 0 Å². The summed E-state index contributed by atoms with van der Waals surface area (Å²) in [6, 6.07) is 23.8. The maximum absolute atomic E-state index is 11.2. The van der Waals surface area contributed by atoms with Gasteiger partial charge in [-0.15, -0.1) is 0 Å².